The molecule has 0 aliphatic carbocycles. The van der Waals surface area contributed by atoms with Gasteiger partial charge in [-0.2, -0.15) is 0 Å². The van der Waals surface area contributed by atoms with Crippen LogP contribution in [0.2, 0.25) is 0 Å². The van der Waals surface area contributed by atoms with E-state index in [1.54, 1.807) is 0 Å². The van der Waals surface area contributed by atoms with Gasteiger partial charge in [0, 0.05) is 32.7 Å². The van der Waals surface area contributed by atoms with E-state index in [0.29, 0.717) is 5.92 Å². The highest BCUT2D eigenvalue weighted by molar-refractivity contribution is 5.81. The summed E-state index contributed by atoms with van der Waals surface area (Å²) >= 11 is 0. The van der Waals surface area contributed by atoms with Gasteiger partial charge in [-0.15, -0.1) is 0 Å². The van der Waals surface area contributed by atoms with Crippen molar-refractivity contribution in [2.45, 2.75) is 39.3 Å². The Morgan fingerprint density at radius 1 is 0.926 bits per heavy atom. The first-order valence-electron chi connectivity index (χ1n) is 9.85. The Labute approximate surface area is 162 Å². The van der Waals surface area contributed by atoms with E-state index in [9.17, 15) is 4.79 Å². The van der Waals surface area contributed by atoms with Crippen LogP contribution in [0.3, 0.4) is 0 Å². The minimum atomic E-state index is -0.467. The highest BCUT2D eigenvalue weighted by Gasteiger charge is 2.26. The predicted octanol–water partition coefficient (Wildman–Crippen LogP) is 3.92. The molecule has 0 radical (unpaired) electrons. The number of ether oxygens (including phenoxy) is 1. The summed E-state index contributed by atoms with van der Waals surface area (Å²) < 4.78 is 6.04. The number of nitrogens with zero attached hydrogens (tertiary/aromatic N) is 2. The van der Waals surface area contributed by atoms with Gasteiger partial charge < -0.3 is 9.64 Å². The first kappa shape index (κ1) is 19.4. The van der Waals surface area contributed by atoms with Crippen LogP contribution < -0.4 is 4.74 Å². The largest absolute Gasteiger partial charge is 0.481 e. The topological polar surface area (TPSA) is 32.8 Å². The molecule has 0 N–H and O–H groups in total. The van der Waals surface area contributed by atoms with Gasteiger partial charge in [-0.1, -0.05) is 62.4 Å². The molecule has 1 atom stereocenters. The lowest BCUT2D eigenvalue weighted by Gasteiger charge is -2.36. The van der Waals surface area contributed by atoms with Crippen LogP contribution in [-0.4, -0.2) is 48.0 Å². The fraction of sp³-hybridized carbons (Fsp3) is 0.435. The zero-order valence-corrected chi connectivity index (χ0v) is 16.6. The molecule has 1 fully saturated rings. The third-order valence-electron chi connectivity index (χ3n) is 5.13. The fourth-order valence-corrected chi connectivity index (χ4v) is 3.53. The van der Waals surface area contributed by atoms with Crippen LogP contribution in [0.1, 0.15) is 37.8 Å². The van der Waals surface area contributed by atoms with Crippen molar-refractivity contribution >= 4 is 5.91 Å². The van der Waals surface area contributed by atoms with Crippen molar-refractivity contribution < 1.29 is 9.53 Å². The van der Waals surface area contributed by atoms with Crippen LogP contribution in [0.25, 0.3) is 0 Å². The molecule has 3 rings (SSSR count). The summed E-state index contributed by atoms with van der Waals surface area (Å²) in [5.74, 6) is 1.26. The first-order valence-corrected chi connectivity index (χ1v) is 9.85. The summed E-state index contributed by atoms with van der Waals surface area (Å²) in [5.41, 5.74) is 2.46. The van der Waals surface area contributed by atoms with Crippen molar-refractivity contribution in [2.24, 2.45) is 0 Å². The number of hydrogen-bond acceptors (Lipinski definition) is 3. The minimum Gasteiger partial charge on any atom is -0.481 e. The SMILES string of the molecule is CC(C)c1ccccc1O[C@H](C)C(=O)N1CCN(Cc2ccccc2)CC1. The molecular weight excluding hydrogens is 336 g/mol. The Morgan fingerprint density at radius 2 is 1.56 bits per heavy atom. The zero-order chi connectivity index (χ0) is 19.2. The lowest BCUT2D eigenvalue weighted by molar-refractivity contribution is -0.139. The molecule has 1 aliphatic heterocycles. The summed E-state index contributed by atoms with van der Waals surface area (Å²) in [5, 5.41) is 0. The number of carbonyl (C=O) groups excluding carboxylic acids is 1. The van der Waals surface area contributed by atoms with Crippen LogP contribution in [-0.2, 0) is 11.3 Å². The molecule has 1 amide bonds. The van der Waals surface area contributed by atoms with E-state index in [1.165, 1.54) is 5.56 Å². The fourth-order valence-electron chi connectivity index (χ4n) is 3.53. The quantitative estimate of drug-likeness (QED) is 0.777. The van der Waals surface area contributed by atoms with E-state index in [0.717, 1.165) is 44.0 Å². The Balaban J connectivity index is 1.53. The van der Waals surface area contributed by atoms with Crippen molar-refractivity contribution in [1.29, 1.82) is 0 Å². The van der Waals surface area contributed by atoms with Crippen LogP contribution in [0.5, 0.6) is 5.75 Å². The molecule has 1 saturated heterocycles. The molecule has 0 saturated carbocycles. The van der Waals surface area contributed by atoms with Crippen molar-refractivity contribution in [3.63, 3.8) is 0 Å². The van der Waals surface area contributed by atoms with Crippen LogP contribution >= 0.6 is 0 Å². The number of amides is 1. The van der Waals surface area contributed by atoms with Crippen LogP contribution in [0, 0.1) is 0 Å². The second-order valence-electron chi connectivity index (χ2n) is 7.54. The maximum Gasteiger partial charge on any atom is 0.263 e. The van der Waals surface area contributed by atoms with Gasteiger partial charge in [0.15, 0.2) is 6.10 Å². The van der Waals surface area contributed by atoms with Crippen molar-refractivity contribution in [2.75, 3.05) is 26.2 Å². The molecule has 2 aromatic rings. The Morgan fingerprint density at radius 3 is 2.22 bits per heavy atom. The molecule has 2 aromatic carbocycles. The van der Waals surface area contributed by atoms with Gasteiger partial charge in [0.25, 0.3) is 5.91 Å². The smallest absolute Gasteiger partial charge is 0.263 e. The van der Waals surface area contributed by atoms with Gasteiger partial charge in [0.05, 0.1) is 0 Å². The van der Waals surface area contributed by atoms with Gasteiger partial charge in [0.1, 0.15) is 5.75 Å². The highest BCUT2D eigenvalue weighted by atomic mass is 16.5. The number of hydrogen-bond donors (Lipinski definition) is 0. The predicted molar refractivity (Wildman–Crippen MR) is 109 cm³/mol. The molecular formula is C23H30N2O2. The van der Waals surface area contributed by atoms with Crippen molar-refractivity contribution in [3.05, 3.63) is 65.7 Å². The van der Waals surface area contributed by atoms with Crippen LogP contribution in [0.15, 0.2) is 54.6 Å². The van der Waals surface area contributed by atoms with Gasteiger partial charge in [0.2, 0.25) is 0 Å². The average molecular weight is 367 g/mol. The molecule has 4 heteroatoms. The number of para-hydroxylation sites is 1. The zero-order valence-electron chi connectivity index (χ0n) is 16.6. The Hall–Kier alpha value is -2.33. The highest BCUT2D eigenvalue weighted by Crippen LogP contribution is 2.27. The molecule has 0 aromatic heterocycles. The van der Waals surface area contributed by atoms with E-state index in [-0.39, 0.29) is 5.91 Å². The molecule has 144 valence electrons. The lowest BCUT2D eigenvalue weighted by Crippen LogP contribution is -2.51. The minimum absolute atomic E-state index is 0.0768. The summed E-state index contributed by atoms with van der Waals surface area (Å²) in [6.07, 6.45) is -0.467. The van der Waals surface area contributed by atoms with Crippen molar-refractivity contribution in [3.8, 4) is 5.75 Å². The summed E-state index contributed by atoms with van der Waals surface area (Å²) in [6, 6.07) is 18.5. The van der Waals surface area contributed by atoms with Gasteiger partial charge in [-0.3, -0.25) is 9.69 Å². The summed E-state index contributed by atoms with van der Waals surface area (Å²) in [7, 11) is 0. The summed E-state index contributed by atoms with van der Waals surface area (Å²) in [6.45, 7) is 10.4. The molecule has 0 bridgehead atoms. The van der Waals surface area contributed by atoms with Gasteiger partial charge in [-0.25, -0.2) is 0 Å². The Kier molecular flexibility index (Phi) is 6.51. The molecule has 0 spiro atoms. The van der Waals surface area contributed by atoms with Gasteiger partial charge >= 0.3 is 0 Å². The molecule has 0 unspecified atom stereocenters. The number of carbonyl (C=O) groups is 1. The van der Waals surface area contributed by atoms with Gasteiger partial charge in [-0.05, 0) is 30.0 Å². The number of piperazine rings is 1. The van der Waals surface area contributed by atoms with E-state index >= 15 is 0 Å². The standard InChI is InChI=1S/C23H30N2O2/c1-18(2)21-11-7-8-12-22(21)27-19(3)23(26)25-15-13-24(14-16-25)17-20-9-5-4-6-10-20/h4-12,18-19H,13-17H2,1-3H3/t19-/m1/s1. The van der Waals surface area contributed by atoms with E-state index in [1.807, 2.05) is 36.1 Å². The maximum atomic E-state index is 12.8. The normalized spacial score (nSPS) is 16.4. The molecule has 1 aliphatic rings. The average Bonchev–Trinajstić information content (AvgIpc) is 2.69. The molecule has 27 heavy (non-hydrogen) atoms. The third kappa shape index (κ3) is 5.10. The lowest BCUT2D eigenvalue weighted by atomic mass is 10.0. The molecule has 4 nitrogen and oxygen atoms in total. The van der Waals surface area contributed by atoms with Crippen LogP contribution in [0.4, 0.5) is 0 Å². The van der Waals surface area contributed by atoms with E-state index in [4.69, 9.17) is 4.74 Å². The van der Waals surface area contributed by atoms with Crippen molar-refractivity contribution in [1.82, 2.24) is 9.80 Å². The monoisotopic (exact) mass is 366 g/mol. The number of benzene rings is 2. The number of rotatable bonds is 6. The second-order valence-corrected chi connectivity index (χ2v) is 7.54. The van der Waals surface area contributed by atoms with E-state index in [2.05, 4.69) is 49.1 Å². The Bertz CT molecular complexity index is 737. The first-order chi connectivity index (χ1) is 13.0. The summed E-state index contributed by atoms with van der Waals surface area (Å²) in [4.78, 5) is 17.2. The second kappa shape index (κ2) is 9.05. The maximum absolute atomic E-state index is 12.8. The van der Waals surface area contributed by atoms with E-state index < -0.39 is 6.10 Å². The third-order valence-corrected chi connectivity index (χ3v) is 5.13. The molecule has 1 heterocycles.